The largest absolute Gasteiger partial charge is 0.381 e. The summed E-state index contributed by atoms with van der Waals surface area (Å²) in [6, 6.07) is 7.79. The van der Waals surface area contributed by atoms with Crippen molar-refractivity contribution in [3.8, 4) is 11.4 Å². The molecule has 0 aliphatic rings. The maximum absolute atomic E-state index is 9.74. The Morgan fingerprint density at radius 2 is 2.05 bits per heavy atom. The van der Waals surface area contributed by atoms with Gasteiger partial charge in [0.1, 0.15) is 5.60 Å². The van der Waals surface area contributed by atoms with Crippen LogP contribution in [0.15, 0.2) is 28.8 Å². The van der Waals surface area contributed by atoms with E-state index < -0.39 is 5.60 Å². The van der Waals surface area contributed by atoms with Crippen molar-refractivity contribution in [1.82, 2.24) is 10.1 Å². The molecule has 6 heteroatoms. The van der Waals surface area contributed by atoms with Crippen molar-refractivity contribution in [2.24, 2.45) is 0 Å². The van der Waals surface area contributed by atoms with Crippen molar-refractivity contribution in [2.75, 3.05) is 6.38 Å². The van der Waals surface area contributed by atoms with Gasteiger partial charge in [0, 0.05) is 17.5 Å². The molecular weight excluding hydrogens is 266 g/mol. The van der Waals surface area contributed by atoms with Crippen molar-refractivity contribution >= 4 is 11.6 Å². The topological polar surface area (TPSA) is 86.8 Å². The molecule has 0 bridgehead atoms. The summed E-state index contributed by atoms with van der Waals surface area (Å²) in [5.74, 6) is 0.699. The lowest BCUT2D eigenvalue weighted by atomic mass is 10.1. The molecule has 2 rings (SSSR count). The Morgan fingerprint density at radius 1 is 1.37 bits per heavy atom. The number of rotatable bonds is 3. The Balaban J connectivity index is 0.000000861. The number of aromatic nitrogens is 2. The fourth-order valence-electron chi connectivity index (χ4n) is 1.46. The van der Waals surface area contributed by atoms with Crippen LogP contribution in [-0.2, 0) is 12.1 Å². The number of nitrogens with zero attached hydrogens (tertiary/aromatic N) is 2. The fourth-order valence-corrected chi connectivity index (χ4v) is 1.46. The summed E-state index contributed by atoms with van der Waals surface area (Å²) in [4.78, 5) is 4.18. The standard InChI is InChI=1S/C12H15N3O2.CH3Cl/c1-12(2,16)11-14-10(15-17-11)9-5-3-4-8(6-9)7-13;1-2/h3-6,16H,7,13H2,1-2H3;1H3/p+1. The van der Waals surface area contributed by atoms with Crippen LogP contribution in [0.4, 0.5) is 0 Å². The van der Waals surface area contributed by atoms with Gasteiger partial charge in [-0.15, -0.1) is 11.6 Å². The highest BCUT2D eigenvalue weighted by molar-refractivity contribution is 6.15. The number of halogens is 1. The molecule has 0 radical (unpaired) electrons. The Labute approximate surface area is 117 Å². The second kappa shape index (κ2) is 6.65. The summed E-state index contributed by atoms with van der Waals surface area (Å²) in [6.07, 6.45) is 1.47. The van der Waals surface area contributed by atoms with Gasteiger partial charge in [-0.2, -0.15) is 4.98 Å². The Morgan fingerprint density at radius 3 is 2.58 bits per heavy atom. The highest BCUT2D eigenvalue weighted by Crippen LogP contribution is 2.22. The van der Waals surface area contributed by atoms with E-state index in [-0.39, 0.29) is 5.89 Å². The van der Waals surface area contributed by atoms with E-state index in [1.165, 1.54) is 6.38 Å². The lowest BCUT2D eigenvalue weighted by molar-refractivity contribution is -0.386. The van der Waals surface area contributed by atoms with Gasteiger partial charge in [-0.25, -0.2) is 0 Å². The van der Waals surface area contributed by atoms with Crippen LogP contribution in [-0.4, -0.2) is 21.6 Å². The minimum Gasteiger partial charge on any atom is -0.381 e. The van der Waals surface area contributed by atoms with Crippen molar-refractivity contribution in [3.05, 3.63) is 35.7 Å². The van der Waals surface area contributed by atoms with E-state index in [0.29, 0.717) is 12.4 Å². The summed E-state index contributed by atoms with van der Waals surface area (Å²) in [5.41, 5.74) is 4.69. The molecule has 0 amide bonds. The minimum atomic E-state index is -1.12. The number of hydrogen-bond donors (Lipinski definition) is 2. The third kappa shape index (κ3) is 4.02. The van der Waals surface area contributed by atoms with Gasteiger partial charge in [-0.1, -0.05) is 23.4 Å². The fraction of sp³-hybridized carbons (Fsp3) is 0.385. The predicted molar refractivity (Wildman–Crippen MR) is 73.3 cm³/mol. The molecule has 5 nitrogen and oxygen atoms in total. The van der Waals surface area contributed by atoms with Gasteiger partial charge in [0.25, 0.3) is 5.89 Å². The first-order chi connectivity index (χ1) is 9.00. The number of quaternary nitrogens is 1. The van der Waals surface area contributed by atoms with Gasteiger partial charge in [0.05, 0.1) is 6.54 Å². The van der Waals surface area contributed by atoms with E-state index >= 15 is 0 Å². The van der Waals surface area contributed by atoms with Crippen molar-refractivity contribution in [1.29, 1.82) is 0 Å². The second-order valence-electron chi connectivity index (χ2n) is 4.43. The third-order valence-corrected chi connectivity index (χ3v) is 2.42. The summed E-state index contributed by atoms with van der Waals surface area (Å²) >= 11 is 4.64. The maximum atomic E-state index is 9.74. The quantitative estimate of drug-likeness (QED) is 0.838. The van der Waals surface area contributed by atoms with Crippen LogP contribution in [0.2, 0.25) is 0 Å². The van der Waals surface area contributed by atoms with Crippen LogP contribution < -0.4 is 5.73 Å². The molecule has 0 saturated carbocycles. The maximum Gasteiger partial charge on any atom is 0.258 e. The first-order valence-electron chi connectivity index (χ1n) is 5.83. The number of benzene rings is 1. The van der Waals surface area contributed by atoms with E-state index in [2.05, 4.69) is 27.5 Å². The highest BCUT2D eigenvalue weighted by Gasteiger charge is 2.24. The normalized spacial score (nSPS) is 10.8. The summed E-state index contributed by atoms with van der Waals surface area (Å²) < 4.78 is 5.03. The van der Waals surface area contributed by atoms with Crippen LogP contribution in [0.25, 0.3) is 11.4 Å². The van der Waals surface area contributed by atoms with Crippen molar-refractivity contribution in [3.63, 3.8) is 0 Å². The molecule has 0 fully saturated rings. The van der Waals surface area contributed by atoms with Crippen molar-refractivity contribution in [2.45, 2.75) is 26.0 Å². The monoisotopic (exact) mass is 284 g/mol. The van der Waals surface area contributed by atoms with Crippen LogP contribution >= 0.6 is 11.6 Å². The number of aliphatic hydroxyl groups is 1. The first-order valence-corrected chi connectivity index (χ1v) is 6.59. The van der Waals surface area contributed by atoms with E-state index in [4.69, 9.17) is 4.52 Å². The zero-order valence-electron chi connectivity index (χ0n) is 11.4. The van der Waals surface area contributed by atoms with Gasteiger partial charge in [-0.3, -0.25) is 0 Å². The average molecular weight is 285 g/mol. The smallest absolute Gasteiger partial charge is 0.258 e. The van der Waals surface area contributed by atoms with Crippen LogP contribution in [0, 0.1) is 0 Å². The predicted octanol–water partition coefficient (Wildman–Crippen LogP) is 1.56. The summed E-state index contributed by atoms with van der Waals surface area (Å²) in [6.45, 7) is 3.93. The zero-order chi connectivity index (χ0) is 14.5. The molecule has 1 heterocycles. The lowest BCUT2D eigenvalue weighted by Crippen LogP contribution is -2.47. The molecule has 0 atom stereocenters. The van der Waals surface area contributed by atoms with Gasteiger partial charge in [0.2, 0.25) is 5.82 Å². The van der Waals surface area contributed by atoms with Crippen LogP contribution in [0.3, 0.4) is 0 Å². The molecular formula is C13H19ClN3O2+. The third-order valence-electron chi connectivity index (χ3n) is 2.42. The van der Waals surface area contributed by atoms with E-state index in [9.17, 15) is 5.11 Å². The molecule has 0 spiro atoms. The molecule has 104 valence electrons. The molecule has 0 saturated heterocycles. The first kappa shape index (κ1) is 15.6. The molecule has 2 aromatic rings. The zero-order valence-corrected chi connectivity index (χ0v) is 12.1. The molecule has 0 unspecified atom stereocenters. The number of alkyl halides is 1. The molecule has 4 N–H and O–H groups in total. The summed E-state index contributed by atoms with van der Waals surface area (Å²) in [5, 5.41) is 13.6. The highest BCUT2D eigenvalue weighted by atomic mass is 35.5. The lowest BCUT2D eigenvalue weighted by Gasteiger charge is -2.09. The molecule has 1 aromatic carbocycles. The SMILES string of the molecule is CC(C)(O)c1nc(-c2cccc(C[NH3+])c2)no1.CCl. The Hall–Kier alpha value is -1.43. The Kier molecular flexibility index (Phi) is 5.47. The number of hydrogen-bond acceptors (Lipinski definition) is 4. The van der Waals surface area contributed by atoms with Gasteiger partial charge < -0.3 is 15.4 Å². The van der Waals surface area contributed by atoms with Gasteiger partial charge in [0.15, 0.2) is 0 Å². The van der Waals surface area contributed by atoms with Crippen LogP contribution in [0.5, 0.6) is 0 Å². The molecule has 0 aliphatic carbocycles. The Bertz CT molecular complexity index is 521. The van der Waals surface area contributed by atoms with Gasteiger partial charge >= 0.3 is 0 Å². The van der Waals surface area contributed by atoms with Gasteiger partial charge in [-0.05, 0) is 19.9 Å². The summed E-state index contributed by atoms with van der Waals surface area (Å²) in [7, 11) is 0. The minimum absolute atomic E-state index is 0.215. The van der Waals surface area contributed by atoms with Crippen molar-refractivity contribution < 1.29 is 15.4 Å². The van der Waals surface area contributed by atoms with E-state index in [0.717, 1.165) is 11.1 Å². The second-order valence-corrected chi connectivity index (χ2v) is 4.43. The van der Waals surface area contributed by atoms with E-state index in [1.807, 2.05) is 24.3 Å². The van der Waals surface area contributed by atoms with E-state index in [1.54, 1.807) is 13.8 Å². The van der Waals surface area contributed by atoms with Crippen LogP contribution in [0.1, 0.15) is 25.3 Å². The molecule has 0 aliphatic heterocycles. The molecule has 1 aromatic heterocycles. The average Bonchev–Trinajstić information content (AvgIpc) is 2.91. The molecule has 19 heavy (non-hydrogen) atoms.